The number of fused-ring (bicyclic) bond motifs is 3. The van der Waals surface area contributed by atoms with Crippen molar-refractivity contribution in [2.45, 2.75) is 42.7 Å². The summed E-state index contributed by atoms with van der Waals surface area (Å²) in [6, 6.07) is 8.36. The zero-order valence-electron chi connectivity index (χ0n) is 14.9. The van der Waals surface area contributed by atoms with Crippen LogP contribution in [-0.2, 0) is 12.8 Å². The van der Waals surface area contributed by atoms with Gasteiger partial charge in [0.25, 0.3) is 5.56 Å². The molecule has 1 aromatic carbocycles. The Hall–Kier alpha value is -1.21. The highest BCUT2D eigenvalue weighted by molar-refractivity contribution is 8.05. The van der Waals surface area contributed by atoms with Crippen molar-refractivity contribution in [2.24, 2.45) is 0 Å². The molecular formula is C20H19ClN2OS3. The first kappa shape index (κ1) is 19.1. The number of halogens is 1. The Morgan fingerprint density at radius 2 is 2.07 bits per heavy atom. The SMILES string of the molecule is Cc1ccc(S/C(=C\Cl)CSc2nc3sc4c(c3c(=O)[nH]2)CCCC4)cc1. The normalized spacial score (nSPS) is 14.5. The lowest BCUT2D eigenvalue weighted by Gasteiger charge is -2.09. The zero-order valence-corrected chi connectivity index (χ0v) is 18.1. The predicted octanol–water partition coefficient (Wildman–Crippen LogP) is 6.14. The smallest absolute Gasteiger partial charge is 0.260 e. The van der Waals surface area contributed by atoms with Gasteiger partial charge in [0.1, 0.15) is 4.83 Å². The summed E-state index contributed by atoms with van der Waals surface area (Å²) in [6.07, 6.45) is 4.44. The second-order valence-corrected chi connectivity index (χ2v) is 10.0. The summed E-state index contributed by atoms with van der Waals surface area (Å²) in [5.41, 5.74) is 4.06. The number of H-pyrrole nitrogens is 1. The second-order valence-electron chi connectivity index (χ2n) is 6.54. The molecule has 1 aliphatic carbocycles. The van der Waals surface area contributed by atoms with Gasteiger partial charge < -0.3 is 4.98 Å². The lowest BCUT2D eigenvalue weighted by molar-refractivity contribution is 0.700. The molecule has 0 saturated carbocycles. The number of aromatic amines is 1. The zero-order chi connectivity index (χ0) is 18.8. The van der Waals surface area contributed by atoms with Gasteiger partial charge in [-0.15, -0.1) is 11.3 Å². The molecule has 0 bridgehead atoms. The van der Waals surface area contributed by atoms with Crippen LogP contribution in [0, 0.1) is 6.92 Å². The maximum Gasteiger partial charge on any atom is 0.260 e. The van der Waals surface area contributed by atoms with Crippen molar-refractivity contribution in [1.29, 1.82) is 0 Å². The van der Waals surface area contributed by atoms with E-state index >= 15 is 0 Å². The van der Waals surface area contributed by atoms with Crippen molar-refractivity contribution >= 4 is 56.7 Å². The van der Waals surface area contributed by atoms with Crippen LogP contribution in [0.5, 0.6) is 0 Å². The van der Waals surface area contributed by atoms with Gasteiger partial charge in [-0.3, -0.25) is 4.79 Å². The average molecular weight is 435 g/mol. The first-order chi connectivity index (χ1) is 13.1. The molecular weight excluding hydrogens is 416 g/mol. The van der Waals surface area contributed by atoms with Gasteiger partial charge in [0.15, 0.2) is 5.16 Å². The van der Waals surface area contributed by atoms with Gasteiger partial charge in [0.05, 0.1) is 5.39 Å². The third-order valence-corrected chi connectivity index (χ3v) is 8.26. The highest BCUT2D eigenvalue weighted by atomic mass is 35.5. The second kappa shape index (κ2) is 8.43. The number of nitrogens with zero attached hydrogens (tertiary/aromatic N) is 1. The van der Waals surface area contributed by atoms with Crippen LogP contribution in [0.1, 0.15) is 28.8 Å². The van der Waals surface area contributed by atoms with Crippen LogP contribution in [0.3, 0.4) is 0 Å². The van der Waals surface area contributed by atoms with Crippen LogP contribution in [0.25, 0.3) is 10.2 Å². The Morgan fingerprint density at radius 3 is 2.85 bits per heavy atom. The van der Waals surface area contributed by atoms with E-state index in [1.54, 1.807) is 28.6 Å². The molecule has 2 aromatic heterocycles. The molecule has 27 heavy (non-hydrogen) atoms. The van der Waals surface area contributed by atoms with Crippen molar-refractivity contribution in [1.82, 2.24) is 9.97 Å². The Bertz CT molecular complexity index is 1050. The molecule has 1 aliphatic rings. The fraction of sp³-hybridized carbons (Fsp3) is 0.300. The van der Waals surface area contributed by atoms with Crippen molar-refractivity contribution in [2.75, 3.05) is 5.75 Å². The number of thiophene rings is 1. The summed E-state index contributed by atoms with van der Waals surface area (Å²) in [4.78, 5) is 24.7. The quantitative estimate of drug-likeness (QED) is 0.387. The van der Waals surface area contributed by atoms with E-state index in [2.05, 4.69) is 36.2 Å². The third kappa shape index (κ3) is 4.29. The van der Waals surface area contributed by atoms with Gasteiger partial charge >= 0.3 is 0 Å². The molecule has 3 nitrogen and oxygen atoms in total. The van der Waals surface area contributed by atoms with E-state index in [9.17, 15) is 4.79 Å². The van der Waals surface area contributed by atoms with Gasteiger partial charge in [0, 0.05) is 26.0 Å². The number of aryl methyl sites for hydroxylation is 3. The summed E-state index contributed by atoms with van der Waals surface area (Å²) in [7, 11) is 0. The maximum absolute atomic E-state index is 12.6. The van der Waals surface area contributed by atoms with Crippen molar-refractivity contribution in [3.63, 3.8) is 0 Å². The molecule has 3 aromatic rings. The molecule has 140 valence electrons. The highest BCUT2D eigenvalue weighted by Crippen LogP contribution is 2.35. The number of rotatable bonds is 5. The largest absolute Gasteiger partial charge is 0.301 e. The molecule has 7 heteroatoms. The van der Waals surface area contributed by atoms with Crippen LogP contribution < -0.4 is 5.56 Å². The summed E-state index contributed by atoms with van der Waals surface area (Å²) >= 11 is 10.9. The third-order valence-electron chi connectivity index (χ3n) is 4.55. The Kier molecular flexibility index (Phi) is 5.97. The molecule has 0 unspecified atom stereocenters. The van der Waals surface area contributed by atoms with Gasteiger partial charge in [-0.25, -0.2) is 4.98 Å². The van der Waals surface area contributed by atoms with Crippen LogP contribution in [0.15, 0.2) is 49.6 Å². The molecule has 1 N–H and O–H groups in total. The van der Waals surface area contributed by atoms with E-state index in [1.807, 2.05) is 0 Å². The highest BCUT2D eigenvalue weighted by Gasteiger charge is 2.19. The van der Waals surface area contributed by atoms with E-state index in [4.69, 9.17) is 16.6 Å². The minimum atomic E-state index is -0.00973. The standard InChI is InChI=1S/C20H19ClN2OS3/c1-12-6-8-13(9-7-12)26-14(10-21)11-25-20-22-18(24)17-15-4-2-3-5-16(15)27-19(17)23-20/h6-10H,2-5,11H2,1H3,(H,22,23,24)/b14-10-. The summed E-state index contributed by atoms with van der Waals surface area (Å²) < 4.78 is 0. The number of thioether (sulfide) groups is 2. The minimum absolute atomic E-state index is 0.00973. The molecule has 0 fully saturated rings. The van der Waals surface area contributed by atoms with E-state index in [0.29, 0.717) is 10.9 Å². The van der Waals surface area contributed by atoms with Crippen LogP contribution in [-0.4, -0.2) is 15.7 Å². The molecule has 0 saturated heterocycles. The summed E-state index contributed by atoms with van der Waals surface area (Å²) in [5, 5.41) is 1.47. The van der Waals surface area contributed by atoms with Crippen LogP contribution in [0.2, 0.25) is 0 Å². The number of nitrogens with one attached hydrogen (secondary N) is 1. The Morgan fingerprint density at radius 1 is 1.30 bits per heavy atom. The fourth-order valence-corrected chi connectivity index (χ4v) is 6.53. The molecule has 0 aliphatic heterocycles. The van der Waals surface area contributed by atoms with E-state index in [-0.39, 0.29) is 5.56 Å². The van der Waals surface area contributed by atoms with E-state index in [1.165, 1.54) is 34.2 Å². The fourth-order valence-electron chi connectivity index (χ4n) is 3.19. The molecule has 4 rings (SSSR count). The minimum Gasteiger partial charge on any atom is -0.301 e. The predicted molar refractivity (Wildman–Crippen MR) is 119 cm³/mol. The van der Waals surface area contributed by atoms with Crippen molar-refractivity contribution in [3.05, 3.63) is 61.1 Å². The maximum atomic E-state index is 12.6. The molecule has 0 radical (unpaired) electrons. The van der Waals surface area contributed by atoms with Crippen LogP contribution >= 0.6 is 46.5 Å². The number of hydrogen-bond acceptors (Lipinski definition) is 5. The van der Waals surface area contributed by atoms with Crippen molar-refractivity contribution < 1.29 is 0 Å². The molecule has 0 atom stereocenters. The molecule has 0 spiro atoms. The van der Waals surface area contributed by atoms with Gasteiger partial charge in [0.2, 0.25) is 0 Å². The Balaban J connectivity index is 1.51. The number of aromatic nitrogens is 2. The lowest BCUT2D eigenvalue weighted by atomic mass is 9.97. The first-order valence-corrected chi connectivity index (χ1v) is 11.9. The molecule has 2 heterocycles. The first-order valence-electron chi connectivity index (χ1n) is 8.85. The number of hydrogen-bond donors (Lipinski definition) is 1. The molecule has 0 amide bonds. The topological polar surface area (TPSA) is 45.8 Å². The van der Waals surface area contributed by atoms with Crippen LogP contribution in [0.4, 0.5) is 0 Å². The lowest BCUT2D eigenvalue weighted by Crippen LogP contribution is -2.11. The Labute approximate surface area is 175 Å². The van der Waals surface area contributed by atoms with E-state index in [0.717, 1.165) is 39.3 Å². The summed E-state index contributed by atoms with van der Waals surface area (Å²) in [5.74, 6) is 0.668. The number of benzene rings is 1. The summed E-state index contributed by atoms with van der Waals surface area (Å²) in [6.45, 7) is 2.07. The van der Waals surface area contributed by atoms with Gasteiger partial charge in [-0.1, -0.05) is 52.8 Å². The van der Waals surface area contributed by atoms with Gasteiger partial charge in [-0.2, -0.15) is 0 Å². The van der Waals surface area contributed by atoms with E-state index < -0.39 is 0 Å². The van der Waals surface area contributed by atoms with Crippen molar-refractivity contribution in [3.8, 4) is 0 Å². The van der Waals surface area contributed by atoms with Gasteiger partial charge in [-0.05, 0) is 50.3 Å². The monoisotopic (exact) mass is 434 g/mol. The average Bonchev–Trinajstić information content (AvgIpc) is 3.05.